The summed E-state index contributed by atoms with van der Waals surface area (Å²) in [6.07, 6.45) is 1.28. The van der Waals surface area contributed by atoms with Crippen molar-refractivity contribution >= 4 is 11.7 Å². The predicted octanol–water partition coefficient (Wildman–Crippen LogP) is -1.13. The summed E-state index contributed by atoms with van der Waals surface area (Å²) in [5.74, 6) is 0.271. The van der Waals surface area contributed by atoms with Crippen molar-refractivity contribution in [1.29, 1.82) is 5.26 Å². The third-order valence-corrected chi connectivity index (χ3v) is 1.49. The molecule has 0 aliphatic carbocycles. The highest BCUT2D eigenvalue weighted by Crippen LogP contribution is 1.96. The van der Waals surface area contributed by atoms with E-state index in [0.717, 1.165) is 0 Å². The number of H-pyrrole nitrogens is 1. The van der Waals surface area contributed by atoms with E-state index in [1.807, 2.05) is 0 Å². The lowest BCUT2D eigenvalue weighted by Crippen LogP contribution is -2.12. The molecule has 2 aromatic heterocycles. The molecule has 0 fully saturated rings. The Labute approximate surface area is 71.4 Å². The van der Waals surface area contributed by atoms with Gasteiger partial charge in [-0.3, -0.25) is 9.78 Å². The molecule has 0 saturated carbocycles. The Morgan fingerprint density at radius 3 is 3.15 bits per heavy atom. The molecule has 0 radical (unpaired) electrons. The molecule has 0 atom stereocenters. The van der Waals surface area contributed by atoms with E-state index in [1.165, 1.54) is 10.7 Å². The maximum atomic E-state index is 11.1. The summed E-state index contributed by atoms with van der Waals surface area (Å²) < 4.78 is 1.25. The quantitative estimate of drug-likeness (QED) is 0.527. The number of nitrogens with two attached hydrogens (primary N) is 1. The summed E-state index contributed by atoms with van der Waals surface area (Å²) in [4.78, 5) is 17.1. The number of nitriles is 1. The molecule has 2 aromatic rings. The van der Waals surface area contributed by atoms with Crippen molar-refractivity contribution in [2.45, 2.75) is 0 Å². The van der Waals surface area contributed by atoms with Gasteiger partial charge in [0.15, 0.2) is 0 Å². The van der Waals surface area contributed by atoms with E-state index >= 15 is 0 Å². The van der Waals surface area contributed by atoms with Crippen LogP contribution in [0.15, 0.2) is 11.0 Å². The van der Waals surface area contributed by atoms with E-state index in [-0.39, 0.29) is 17.3 Å². The fraction of sp³-hybridized carbons (Fsp3) is 0. The van der Waals surface area contributed by atoms with E-state index in [0.29, 0.717) is 0 Å². The summed E-state index contributed by atoms with van der Waals surface area (Å²) in [7, 11) is 0. The van der Waals surface area contributed by atoms with Gasteiger partial charge < -0.3 is 5.73 Å². The Morgan fingerprint density at radius 2 is 2.46 bits per heavy atom. The maximum absolute atomic E-state index is 11.1. The third kappa shape index (κ3) is 1.01. The Bertz CT molecular complexity index is 558. The van der Waals surface area contributed by atoms with Crippen LogP contribution in [0.2, 0.25) is 0 Å². The molecule has 0 bridgehead atoms. The highest BCUT2D eigenvalue weighted by atomic mass is 16.1. The SMILES string of the molecule is N#Cc1cn2nc(N)nc2[nH]c1=O. The first-order chi connectivity index (χ1) is 6.20. The molecule has 2 rings (SSSR count). The molecule has 2 heterocycles. The maximum Gasteiger partial charge on any atom is 0.270 e. The van der Waals surface area contributed by atoms with Crippen LogP contribution in [-0.2, 0) is 0 Å². The first kappa shape index (κ1) is 7.30. The van der Waals surface area contributed by atoms with E-state index in [4.69, 9.17) is 11.0 Å². The Morgan fingerprint density at radius 1 is 1.69 bits per heavy atom. The third-order valence-electron chi connectivity index (χ3n) is 1.49. The summed E-state index contributed by atoms with van der Waals surface area (Å²) in [6, 6.07) is 1.72. The topological polar surface area (TPSA) is 113 Å². The van der Waals surface area contributed by atoms with E-state index in [2.05, 4.69) is 15.1 Å². The minimum Gasteiger partial charge on any atom is -0.366 e. The molecule has 0 aromatic carbocycles. The van der Waals surface area contributed by atoms with E-state index in [1.54, 1.807) is 6.07 Å². The summed E-state index contributed by atoms with van der Waals surface area (Å²) >= 11 is 0. The number of rotatable bonds is 0. The normalized spacial score (nSPS) is 10.1. The highest BCUT2D eigenvalue weighted by Gasteiger charge is 2.04. The van der Waals surface area contributed by atoms with Gasteiger partial charge in [0.2, 0.25) is 11.7 Å². The van der Waals surface area contributed by atoms with Gasteiger partial charge in [0, 0.05) is 0 Å². The summed E-state index contributed by atoms with van der Waals surface area (Å²) in [5.41, 5.74) is 4.76. The number of anilines is 1. The monoisotopic (exact) mass is 176 g/mol. The van der Waals surface area contributed by atoms with Gasteiger partial charge in [-0.25, -0.2) is 4.52 Å². The number of aromatic amines is 1. The van der Waals surface area contributed by atoms with Crippen LogP contribution in [0.25, 0.3) is 5.78 Å². The van der Waals surface area contributed by atoms with Crippen LogP contribution in [0, 0.1) is 11.3 Å². The van der Waals surface area contributed by atoms with Crippen LogP contribution < -0.4 is 11.3 Å². The molecule has 0 aliphatic rings. The van der Waals surface area contributed by atoms with Crippen molar-refractivity contribution in [3.05, 3.63) is 22.1 Å². The fourth-order valence-electron chi connectivity index (χ4n) is 0.945. The van der Waals surface area contributed by atoms with Gasteiger partial charge in [0.05, 0.1) is 6.20 Å². The Kier molecular flexibility index (Phi) is 1.30. The molecule has 3 N–H and O–H groups in total. The zero-order valence-electron chi connectivity index (χ0n) is 6.35. The van der Waals surface area contributed by atoms with Crippen molar-refractivity contribution < 1.29 is 0 Å². The fourth-order valence-corrected chi connectivity index (χ4v) is 0.945. The molecule has 64 valence electrons. The largest absolute Gasteiger partial charge is 0.366 e. The molecular weight excluding hydrogens is 172 g/mol. The minimum atomic E-state index is -0.498. The van der Waals surface area contributed by atoms with Gasteiger partial charge in [0.25, 0.3) is 5.56 Å². The summed E-state index contributed by atoms with van der Waals surface area (Å²) in [5, 5.41) is 12.2. The molecule has 0 spiro atoms. The molecule has 7 heteroatoms. The first-order valence-electron chi connectivity index (χ1n) is 3.36. The van der Waals surface area contributed by atoms with Crippen LogP contribution in [0.4, 0.5) is 5.95 Å². The van der Waals surface area contributed by atoms with Gasteiger partial charge in [-0.05, 0) is 0 Å². The molecule has 13 heavy (non-hydrogen) atoms. The molecular formula is C6H4N6O. The predicted molar refractivity (Wildman–Crippen MR) is 42.7 cm³/mol. The number of nitrogens with zero attached hydrogens (tertiary/aromatic N) is 4. The van der Waals surface area contributed by atoms with Gasteiger partial charge in [-0.2, -0.15) is 10.2 Å². The first-order valence-corrected chi connectivity index (χ1v) is 3.36. The van der Waals surface area contributed by atoms with Gasteiger partial charge >= 0.3 is 0 Å². The van der Waals surface area contributed by atoms with Crippen molar-refractivity contribution in [2.24, 2.45) is 0 Å². The number of nitrogens with one attached hydrogen (secondary N) is 1. The van der Waals surface area contributed by atoms with Gasteiger partial charge in [0.1, 0.15) is 11.6 Å². The van der Waals surface area contributed by atoms with Crippen molar-refractivity contribution in [1.82, 2.24) is 19.6 Å². The second kappa shape index (κ2) is 2.31. The zero-order valence-corrected chi connectivity index (χ0v) is 6.35. The van der Waals surface area contributed by atoms with E-state index in [9.17, 15) is 4.79 Å². The number of nitrogen functional groups attached to an aromatic ring is 1. The Hall–Kier alpha value is -2.36. The molecule has 0 saturated heterocycles. The molecule has 0 aliphatic heterocycles. The van der Waals surface area contributed by atoms with Crippen molar-refractivity contribution in [3.8, 4) is 6.07 Å². The lowest BCUT2D eigenvalue weighted by molar-refractivity contribution is 0.929. The minimum absolute atomic E-state index is 0.0302. The molecule has 7 nitrogen and oxygen atoms in total. The van der Waals surface area contributed by atoms with Crippen LogP contribution in [0.5, 0.6) is 0 Å². The van der Waals surface area contributed by atoms with Crippen LogP contribution in [-0.4, -0.2) is 19.6 Å². The number of fused-ring (bicyclic) bond motifs is 1. The second-order valence-corrected chi connectivity index (χ2v) is 2.35. The smallest absolute Gasteiger partial charge is 0.270 e. The van der Waals surface area contributed by atoms with Gasteiger partial charge in [-0.15, -0.1) is 5.10 Å². The highest BCUT2D eigenvalue weighted by molar-refractivity contribution is 5.36. The van der Waals surface area contributed by atoms with Crippen LogP contribution in [0.1, 0.15) is 5.56 Å². The van der Waals surface area contributed by atoms with E-state index < -0.39 is 5.56 Å². The summed E-state index contributed by atoms with van der Waals surface area (Å²) in [6.45, 7) is 0. The van der Waals surface area contributed by atoms with Crippen LogP contribution in [0.3, 0.4) is 0 Å². The number of hydrogen-bond acceptors (Lipinski definition) is 5. The van der Waals surface area contributed by atoms with Crippen molar-refractivity contribution in [2.75, 3.05) is 5.73 Å². The lowest BCUT2D eigenvalue weighted by Gasteiger charge is -1.89. The Balaban J connectivity index is 2.90. The lowest BCUT2D eigenvalue weighted by atomic mass is 10.4. The average Bonchev–Trinajstić information content (AvgIpc) is 2.42. The van der Waals surface area contributed by atoms with Gasteiger partial charge in [-0.1, -0.05) is 0 Å². The van der Waals surface area contributed by atoms with Crippen molar-refractivity contribution in [3.63, 3.8) is 0 Å². The number of hydrogen-bond donors (Lipinski definition) is 2. The molecule has 0 amide bonds. The number of aromatic nitrogens is 4. The zero-order chi connectivity index (χ0) is 9.42. The second-order valence-electron chi connectivity index (χ2n) is 2.35. The molecule has 0 unspecified atom stereocenters. The average molecular weight is 176 g/mol. The standard InChI is InChI=1S/C6H4N6O/c7-1-3-2-12-6(9-4(3)13)10-5(8)11-12/h2H,(H3,8,9,10,11,13). The van der Waals surface area contributed by atoms with Crippen LogP contribution >= 0.6 is 0 Å².